The molecule has 2 rings (SSSR count). The number of hydrogen-bond acceptors (Lipinski definition) is 5. The number of carbonyl (C=O) groups excluding carboxylic acids is 1. The summed E-state index contributed by atoms with van der Waals surface area (Å²) in [5, 5.41) is 19.6. The van der Waals surface area contributed by atoms with Gasteiger partial charge in [0.2, 0.25) is 0 Å². The minimum absolute atomic E-state index is 0.0817. The van der Waals surface area contributed by atoms with E-state index in [2.05, 4.69) is 0 Å². The molecule has 0 aliphatic heterocycles. The monoisotopic (exact) mass is 262 g/mol. The fourth-order valence-electron chi connectivity index (χ4n) is 1.50. The van der Waals surface area contributed by atoms with Crippen molar-refractivity contribution in [2.45, 2.75) is 0 Å². The van der Waals surface area contributed by atoms with Crippen molar-refractivity contribution in [1.82, 2.24) is 0 Å². The highest BCUT2D eigenvalue weighted by molar-refractivity contribution is 6.03. The molecule has 0 radical (unpaired) electrons. The maximum atomic E-state index is 12.0. The Morgan fingerprint density at radius 3 is 2.42 bits per heavy atom. The van der Waals surface area contributed by atoms with Crippen molar-refractivity contribution in [2.75, 3.05) is 11.9 Å². The summed E-state index contributed by atoms with van der Waals surface area (Å²) in [4.78, 5) is 23.0. The Balaban J connectivity index is 2.22. The van der Waals surface area contributed by atoms with Crippen LogP contribution in [0.1, 0.15) is 10.6 Å². The number of hydrogen-bond donors (Lipinski definition) is 1. The van der Waals surface area contributed by atoms with Crippen LogP contribution in [0.25, 0.3) is 0 Å². The van der Waals surface area contributed by atoms with E-state index in [9.17, 15) is 14.9 Å². The minimum atomic E-state index is -0.711. The molecule has 0 atom stereocenters. The third-order valence-electron chi connectivity index (χ3n) is 2.52. The minimum Gasteiger partial charge on any atom is -0.508 e. The number of furan rings is 1. The molecule has 0 saturated carbocycles. The average Bonchev–Trinajstić information content (AvgIpc) is 2.87. The lowest BCUT2D eigenvalue weighted by molar-refractivity contribution is -0.402. The van der Waals surface area contributed by atoms with Crippen LogP contribution >= 0.6 is 0 Å². The number of phenols is 1. The lowest BCUT2D eigenvalue weighted by Gasteiger charge is -2.15. The zero-order valence-electron chi connectivity index (χ0n) is 9.94. The van der Waals surface area contributed by atoms with Crippen LogP contribution in [-0.4, -0.2) is 23.0 Å². The number of benzene rings is 1. The molecule has 0 bridgehead atoms. The molecule has 0 aliphatic rings. The zero-order chi connectivity index (χ0) is 14.0. The second-order valence-electron chi connectivity index (χ2n) is 3.78. The van der Waals surface area contributed by atoms with E-state index in [4.69, 9.17) is 9.52 Å². The summed E-state index contributed by atoms with van der Waals surface area (Å²) < 4.78 is 4.83. The van der Waals surface area contributed by atoms with E-state index in [1.54, 1.807) is 12.1 Å². The largest absolute Gasteiger partial charge is 0.508 e. The summed E-state index contributed by atoms with van der Waals surface area (Å²) >= 11 is 0. The molecule has 19 heavy (non-hydrogen) atoms. The Hall–Kier alpha value is -2.83. The maximum Gasteiger partial charge on any atom is 0.433 e. The van der Waals surface area contributed by atoms with Crippen molar-refractivity contribution in [3.05, 3.63) is 52.3 Å². The number of carbonyl (C=O) groups is 1. The normalized spacial score (nSPS) is 10.2. The van der Waals surface area contributed by atoms with E-state index in [-0.39, 0.29) is 11.5 Å². The molecule has 1 N–H and O–H groups in total. The van der Waals surface area contributed by atoms with Crippen LogP contribution in [0.2, 0.25) is 0 Å². The van der Waals surface area contributed by atoms with Crippen LogP contribution in [0, 0.1) is 10.1 Å². The lowest BCUT2D eigenvalue weighted by atomic mass is 10.2. The fraction of sp³-hybridized carbons (Fsp3) is 0.0833. The van der Waals surface area contributed by atoms with Gasteiger partial charge in [-0.3, -0.25) is 14.9 Å². The predicted molar refractivity (Wildman–Crippen MR) is 66.2 cm³/mol. The molecule has 0 fully saturated rings. The molecule has 0 saturated heterocycles. The fourth-order valence-corrected chi connectivity index (χ4v) is 1.50. The molecule has 1 aromatic heterocycles. The van der Waals surface area contributed by atoms with Crippen molar-refractivity contribution in [3.63, 3.8) is 0 Å². The van der Waals surface area contributed by atoms with Crippen LogP contribution in [-0.2, 0) is 0 Å². The Kier molecular flexibility index (Phi) is 3.19. The van der Waals surface area contributed by atoms with E-state index in [0.29, 0.717) is 5.69 Å². The predicted octanol–water partition coefficient (Wildman–Crippen LogP) is 2.17. The highest BCUT2D eigenvalue weighted by atomic mass is 16.6. The van der Waals surface area contributed by atoms with Gasteiger partial charge in [0.15, 0.2) is 5.76 Å². The lowest BCUT2D eigenvalue weighted by Crippen LogP contribution is -2.25. The van der Waals surface area contributed by atoms with Gasteiger partial charge >= 0.3 is 5.88 Å². The standard InChI is InChI=1S/C12H10N2O5/c1-13(8-2-4-9(15)5-3-8)12(16)10-6-7-11(19-10)14(17)18/h2-7,15H,1H3. The Bertz CT molecular complexity index is 617. The topological polar surface area (TPSA) is 96.8 Å². The number of amides is 1. The van der Waals surface area contributed by atoms with E-state index in [1.807, 2.05) is 0 Å². The van der Waals surface area contributed by atoms with Gasteiger partial charge in [0, 0.05) is 12.7 Å². The van der Waals surface area contributed by atoms with Gasteiger partial charge in [0.25, 0.3) is 5.91 Å². The highest BCUT2D eigenvalue weighted by Gasteiger charge is 2.21. The maximum absolute atomic E-state index is 12.0. The molecule has 1 amide bonds. The number of aromatic hydroxyl groups is 1. The van der Waals surface area contributed by atoms with Crippen LogP contribution < -0.4 is 4.90 Å². The van der Waals surface area contributed by atoms with Gasteiger partial charge < -0.3 is 14.4 Å². The molecule has 0 aliphatic carbocycles. The van der Waals surface area contributed by atoms with Crippen molar-refractivity contribution in [3.8, 4) is 5.75 Å². The third-order valence-corrected chi connectivity index (χ3v) is 2.52. The first kappa shape index (κ1) is 12.6. The first-order valence-electron chi connectivity index (χ1n) is 5.30. The second-order valence-corrected chi connectivity index (χ2v) is 3.78. The van der Waals surface area contributed by atoms with Gasteiger partial charge in [0.05, 0.1) is 6.07 Å². The number of nitro groups is 1. The van der Waals surface area contributed by atoms with Gasteiger partial charge in [-0.15, -0.1) is 0 Å². The summed E-state index contributed by atoms with van der Waals surface area (Å²) in [7, 11) is 1.50. The first-order chi connectivity index (χ1) is 8.99. The van der Waals surface area contributed by atoms with Gasteiger partial charge in [-0.25, -0.2) is 0 Å². The first-order valence-corrected chi connectivity index (χ1v) is 5.30. The quantitative estimate of drug-likeness (QED) is 0.675. The van der Waals surface area contributed by atoms with Crippen LogP contribution in [0.5, 0.6) is 5.75 Å². The van der Waals surface area contributed by atoms with E-state index in [1.165, 1.54) is 30.1 Å². The molecular weight excluding hydrogens is 252 g/mol. The van der Waals surface area contributed by atoms with Crippen LogP contribution in [0.3, 0.4) is 0 Å². The van der Waals surface area contributed by atoms with Crippen molar-refractivity contribution in [2.24, 2.45) is 0 Å². The number of anilines is 1. The second kappa shape index (κ2) is 4.81. The highest BCUT2D eigenvalue weighted by Crippen LogP contribution is 2.21. The summed E-state index contributed by atoms with van der Waals surface area (Å²) in [6, 6.07) is 8.33. The third kappa shape index (κ3) is 2.54. The van der Waals surface area contributed by atoms with Crippen molar-refractivity contribution in [1.29, 1.82) is 0 Å². The van der Waals surface area contributed by atoms with Crippen molar-refractivity contribution < 1.29 is 19.2 Å². The molecule has 7 nitrogen and oxygen atoms in total. The van der Waals surface area contributed by atoms with Crippen LogP contribution in [0.15, 0.2) is 40.8 Å². The Morgan fingerprint density at radius 1 is 1.26 bits per heavy atom. The van der Waals surface area contributed by atoms with Gasteiger partial charge in [-0.1, -0.05) is 0 Å². The molecule has 1 aromatic carbocycles. The Morgan fingerprint density at radius 2 is 1.89 bits per heavy atom. The number of rotatable bonds is 3. The van der Waals surface area contributed by atoms with Crippen LogP contribution in [0.4, 0.5) is 11.6 Å². The average molecular weight is 262 g/mol. The van der Waals surface area contributed by atoms with E-state index in [0.717, 1.165) is 6.07 Å². The molecule has 0 spiro atoms. The van der Waals surface area contributed by atoms with Gasteiger partial charge in [0.1, 0.15) is 10.7 Å². The molecule has 0 unspecified atom stereocenters. The number of nitrogens with zero attached hydrogens (tertiary/aromatic N) is 2. The number of phenolic OH excluding ortho intramolecular Hbond substituents is 1. The Labute approximate surface area is 107 Å². The van der Waals surface area contributed by atoms with Crippen molar-refractivity contribution >= 4 is 17.5 Å². The SMILES string of the molecule is CN(C(=O)c1ccc([N+](=O)[O-])o1)c1ccc(O)cc1. The smallest absolute Gasteiger partial charge is 0.433 e. The summed E-state index contributed by atoms with van der Waals surface area (Å²) in [6.07, 6.45) is 0. The van der Waals surface area contributed by atoms with Gasteiger partial charge in [-0.2, -0.15) is 0 Å². The summed E-state index contributed by atoms with van der Waals surface area (Å²) in [5.41, 5.74) is 0.529. The summed E-state index contributed by atoms with van der Waals surface area (Å²) in [5.74, 6) is -1.04. The molecule has 1 heterocycles. The van der Waals surface area contributed by atoms with Gasteiger partial charge in [-0.05, 0) is 30.3 Å². The zero-order valence-corrected chi connectivity index (χ0v) is 9.94. The molecule has 2 aromatic rings. The molecule has 7 heteroatoms. The van der Waals surface area contributed by atoms with E-state index >= 15 is 0 Å². The molecular formula is C12H10N2O5. The van der Waals surface area contributed by atoms with E-state index < -0.39 is 16.7 Å². The molecule has 98 valence electrons. The summed E-state index contributed by atoms with van der Waals surface area (Å²) in [6.45, 7) is 0.